The van der Waals surface area contributed by atoms with Gasteiger partial charge < -0.3 is 9.88 Å². The summed E-state index contributed by atoms with van der Waals surface area (Å²) in [6, 6.07) is 7.69. The number of aryl methyl sites for hydroxylation is 1. The van der Waals surface area contributed by atoms with Crippen LogP contribution in [0.5, 0.6) is 0 Å². The first kappa shape index (κ1) is 13.6. The van der Waals surface area contributed by atoms with Crippen molar-refractivity contribution < 1.29 is 0 Å². The molecule has 2 aromatic rings. The minimum absolute atomic E-state index is 0.664. The zero-order chi connectivity index (χ0) is 13.5. The molecule has 0 amide bonds. The smallest absolute Gasteiger partial charge is 0.0992 e. The molecular formula is C14H15BrN4. The van der Waals surface area contributed by atoms with Crippen LogP contribution >= 0.6 is 15.9 Å². The summed E-state index contributed by atoms with van der Waals surface area (Å²) in [5.41, 5.74) is 1.69. The first-order valence-electron chi connectivity index (χ1n) is 6.19. The molecule has 1 N–H and O–H groups in total. The van der Waals surface area contributed by atoms with Gasteiger partial charge in [-0.1, -0.05) is 0 Å². The second kappa shape index (κ2) is 6.95. The number of benzene rings is 1. The predicted octanol–water partition coefficient (Wildman–Crippen LogP) is 3.41. The number of nitrogens with one attached hydrogen (secondary N) is 1. The Bertz CT molecular complexity index is 557. The third-order valence-electron chi connectivity index (χ3n) is 2.82. The van der Waals surface area contributed by atoms with Crippen LogP contribution in [0.3, 0.4) is 0 Å². The highest BCUT2D eigenvalue weighted by Gasteiger charge is 2.00. The van der Waals surface area contributed by atoms with Crippen LogP contribution in [0.15, 0.2) is 41.4 Å². The molecule has 0 atom stereocenters. The molecule has 0 aliphatic carbocycles. The van der Waals surface area contributed by atoms with Gasteiger partial charge in [0.2, 0.25) is 0 Å². The standard InChI is InChI=1S/C14H15BrN4/c15-13-9-12(10-16)3-4-14(13)18-5-1-2-7-19-8-6-17-11-19/h3-4,6,8-9,11,18H,1-2,5,7H2. The van der Waals surface area contributed by atoms with Crippen LogP contribution in [0.1, 0.15) is 18.4 Å². The van der Waals surface area contributed by atoms with E-state index in [1.807, 2.05) is 30.7 Å². The van der Waals surface area contributed by atoms with Gasteiger partial charge in [-0.15, -0.1) is 0 Å². The first-order chi connectivity index (χ1) is 9.29. The molecule has 0 bridgehead atoms. The van der Waals surface area contributed by atoms with Gasteiger partial charge in [0.05, 0.1) is 18.0 Å². The molecule has 0 radical (unpaired) electrons. The van der Waals surface area contributed by atoms with Gasteiger partial charge in [-0.05, 0) is 47.0 Å². The first-order valence-corrected chi connectivity index (χ1v) is 6.98. The molecule has 0 unspecified atom stereocenters. The quantitative estimate of drug-likeness (QED) is 0.830. The lowest BCUT2D eigenvalue weighted by Crippen LogP contribution is -2.04. The average molecular weight is 319 g/mol. The van der Waals surface area contributed by atoms with Gasteiger partial charge in [0.1, 0.15) is 0 Å². The van der Waals surface area contributed by atoms with Gasteiger partial charge in [0, 0.05) is 35.6 Å². The molecule has 0 fully saturated rings. The van der Waals surface area contributed by atoms with Crippen LogP contribution in [0.4, 0.5) is 5.69 Å². The molecule has 4 nitrogen and oxygen atoms in total. The summed E-state index contributed by atoms with van der Waals surface area (Å²) in [7, 11) is 0. The third-order valence-corrected chi connectivity index (χ3v) is 3.47. The van der Waals surface area contributed by atoms with Gasteiger partial charge in [-0.2, -0.15) is 5.26 Å². The summed E-state index contributed by atoms with van der Waals surface area (Å²) in [5, 5.41) is 12.2. The molecule has 1 aromatic heterocycles. The molecule has 1 heterocycles. The average Bonchev–Trinajstić information content (AvgIpc) is 2.93. The molecule has 2 rings (SSSR count). The monoisotopic (exact) mass is 318 g/mol. The Morgan fingerprint density at radius 2 is 2.26 bits per heavy atom. The molecule has 0 saturated carbocycles. The van der Waals surface area contributed by atoms with Crippen molar-refractivity contribution in [2.75, 3.05) is 11.9 Å². The summed E-state index contributed by atoms with van der Waals surface area (Å²) < 4.78 is 3.01. The molecule has 1 aromatic carbocycles. The fourth-order valence-electron chi connectivity index (χ4n) is 1.79. The van der Waals surface area contributed by atoms with Gasteiger partial charge in [-0.25, -0.2) is 4.98 Å². The van der Waals surface area contributed by atoms with E-state index in [1.165, 1.54) is 0 Å². The van der Waals surface area contributed by atoms with Crippen molar-refractivity contribution in [2.24, 2.45) is 0 Å². The summed E-state index contributed by atoms with van der Waals surface area (Å²) in [4.78, 5) is 4.01. The number of hydrogen-bond acceptors (Lipinski definition) is 3. The fraction of sp³-hybridized carbons (Fsp3) is 0.286. The number of aromatic nitrogens is 2. The minimum Gasteiger partial charge on any atom is -0.384 e. The molecular weight excluding hydrogens is 304 g/mol. The van der Waals surface area contributed by atoms with Crippen molar-refractivity contribution in [3.63, 3.8) is 0 Å². The van der Waals surface area contributed by atoms with E-state index in [0.717, 1.165) is 36.1 Å². The van der Waals surface area contributed by atoms with Crippen LogP contribution < -0.4 is 5.32 Å². The van der Waals surface area contributed by atoms with Gasteiger partial charge in [-0.3, -0.25) is 0 Å². The van der Waals surface area contributed by atoms with Crippen LogP contribution in [-0.4, -0.2) is 16.1 Å². The van der Waals surface area contributed by atoms with E-state index < -0.39 is 0 Å². The number of hydrogen-bond donors (Lipinski definition) is 1. The topological polar surface area (TPSA) is 53.6 Å². The normalized spacial score (nSPS) is 10.1. The lowest BCUT2D eigenvalue weighted by atomic mass is 10.2. The Balaban J connectivity index is 1.72. The Labute approximate surface area is 121 Å². The number of rotatable bonds is 6. The summed E-state index contributed by atoms with van der Waals surface area (Å²) >= 11 is 3.46. The van der Waals surface area contributed by atoms with E-state index in [9.17, 15) is 0 Å². The second-order valence-corrected chi connectivity index (χ2v) is 5.10. The molecule has 0 spiro atoms. The van der Waals surface area contributed by atoms with Crippen molar-refractivity contribution >= 4 is 21.6 Å². The zero-order valence-corrected chi connectivity index (χ0v) is 12.1. The van der Waals surface area contributed by atoms with Gasteiger partial charge >= 0.3 is 0 Å². The predicted molar refractivity (Wildman–Crippen MR) is 78.8 cm³/mol. The minimum atomic E-state index is 0.664. The summed E-state index contributed by atoms with van der Waals surface area (Å²) in [6.07, 6.45) is 7.81. The molecule has 98 valence electrons. The third kappa shape index (κ3) is 4.11. The molecule has 5 heteroatoms. The van der Waals surface area contributed by atoms with Crippen LogP contribution in [0, 0.1) is 11.3 Å². The Morgan fingerprint density at radius 3 is 2.95 bits per heavy atom. The van der Waals surface area contributed by atoms with E-state index in [4.69, 9.17) is 5.26 Å². The number of unbranched alkanes of at least 4 members (excludes halogenated alkanes) is 1. The van der Waals surface area contributed by atoms with Gasteiger partial charge in [0.25, 0.3) is 0 Å². The molecule has 0 saturated heterocycles. The summed E-state index contributed by atoms with van der Waals surface area (Å²) in [5.74, 6) is 0. The van der Waals surface area contributed by atoms with E-state index in [0.29, 0.717) is 5.56 Å². The number of halogens is 1. The highest BCUT2D eigenvalue weighted by molar-refractivity contribution is 9.10. The van der Waals surface area contributed by atoms with Crippen molar-refractivity contribution in [3.8, 4) is 6.07 Å². The maximum absolute atomic E-state index is 8.79. The van der Waals surface area contributed by atoms with E-state index >= 15 is 0 Å². The van der Waals surface area contributed by atoms with Crippen molar-refractivity contribution in [1.82, 2.24) is 9.55 Å². The number of anilines is 1. The molecule has 19 heavy (non-hydrogen) atoms. The maximum atomic E-state index is 8.79. The lowest BCUT2D eigenvalue weighted by Gasteiger charge is -2.08. The van der Waals surface area contributed by atoms with Crippen molar-refractivity contribution in [2.45, 2.75) is 19.4 Å². The lowest BCUT2D eigenvalue weighted by molar-refractivity contribution is 0.621. The van der Waals surface area contributed by atoms with Gasteiger partial charge in [0.15, 0.2) is 0 Å². The Hall–Kier alpha value is -1.80. The van der Waals surface area contributed by atoms with Crippen LogP contribution in [-0.2, 0) is 6.54 Å². The zero-order valence-electron chi connectivity index (χ0n) is 10.5. The maximum Gasteiger partial charge on any atom is 0.0992 e. The Morgan fingerprint density at radius 1 is 1.37 bits per heavy atom. The summed E-state index contributed by atoms with van der Waals surface area (Å²) in [6.45, 7) is 1.91. The number of imidazole rings is 1. The number of nitrogens with zero attached hydrogens (tertiary/aromatic N) is 3. The van der Waals surface area contributed by atoms with E-state index in [-0.39, 0.29) is 0 Å². The van der Waals surface area contributed by atoms with Crippen molar-refractivity contribution in [1.29, 1.82) is 5.26 Å². The fourth-order valence-corrected chi connectivity index (χ4v) is 2.31. The molecule has 0 aliphatic rings. The van der Waals surface area contributed by atoms with E-state index in [1.54, 1.807) is 6.20 Å². The highest BCUT2D eigenvalue weighted by atomic mass is 79.9. The van der Waals surface area contributed by atoms with Crippen LogP contribution in [0.2, 0.25) is 0 Å². The van der Waals surface area contributed by atoms with E-state index in [2.05, 4.69) is 36.9 Å². The van der Waals surface area contributed by atoms with Crippen molar-refractivity contribution in [3.05, 3.63) is 47.0 Å². The largest absolute Gasteiger partial charge is 0.384 e. The van der Waals surface area contributed by atoms with Crippen LogP contribution in [0.25, 0.3) is 0 Å². The molecule has 0 aliphatic heterocycles. The SMILES string of the molecule is N#Cc1ccc(NCCCCn2ccnc2)c(Br)c1. The second-order valence-electron chi connectivity index (χ2n) is 4.24. The Kier molecular flexibility index (Phi) is 4.99. The highest BCUT2D eigenvalue weighted by Crippen LogP contribution is 2.23. The number of nitriles is 1.